The van der Waals surface area contributed by atoms with Crippen LogP contribution in [0.4, 0.5) is 0 Å². The zero-order valence-corrected chi connectivity index (χ0v) is 22.1. The van der Waals surface area contributed by atoms with Crippen LogP contribution in [0.1, 0.15) is 51.3 Å². The van der Waals surface area contributed by atoms with Gasteiger partial charge in [-0.1, -0.05) is 76.6 Å². The van der Waals surface area contributed by atoms with E-state index in [1.165, 1.54) is 27.5 Å². The summed E-state index contributed by atoms with van der Waals surface area (Å²) in [4.78, 5) is 5.30. The zero-order valence-electron chi connectivity index (χ0n) is 22.1. The lowest BCUT2D eigenvalue weighted by Gasteiger charge is -2.23. The standard InChI is InChI=1S/C34H33NO/c1-20(2)15-22-12-14-30-27(17-22)31-32(35-29-13-11-21(3)16-26(29)33(31)36-30)24-18-23-9-7-8-10-25(23)28(19-24)34(4,5)6/h7-14,16-20H,15H2,1-6H3. The largest absolute Gasteiger partial charge is 0.455 e. The lowest BCUT2D eigenvalue weighted by Crippen LogP contribution is -2.12. The fraction of sp³-hybridized carbons (Fsp3) is 0.265. The Morgan fingerprint density at radius 1 is 0.833 bits per heavy atom. The number of furan rings is 1. The highest BCUT2D eigenvalue weighted by Crippen LogP contribution is 2.42. The molecule has 0 fully saturated rings. The summed E-state index contributed by atoms with van der Waals surface area (Å²) in [7, 11) is 0. The Hall–Kier alpha value is -3.65. The highest BCUT2D eigenvalue weighted by molar-refractivity contribution is 6.19. The van der Waals surface area contributed by atoms with Gasteiger partial charge in [0.05, 0.1) is 16.6 Å². The maximum atomic E-state index is 6.59. The van der Waals surface area contributed by atoms with Gasteiger partial charge in [-0.05, 0) is 83.0 Å². The monoisotopic (exact) mass is 471 g/mol. The Kier molecular flexibility index (Phi) is 5.19. The predicted octanol–water partition coefficient (Wildman–Crippen LogP) is 9.76. The molecule has 36 heavy (non-hydrogen) atoms. The van der Waals surface area contributed by atoms with Crippen molar-refractivity contribution in [1.82, 2.24) is 4.98 Å². The van der Waals surface area contributed by atoms with Crippen molar-refractivity contribution in [3.63, 3.8) is 0 Å². The maximum absolute atomic E-state index is 6.59. The zero-order chi connectivity index (χ0) is 25.2. The van der Waals surface area contributed by atoms with Gasteiger partial charge >= 0.3 is 0 Å². The van der Waals surface area contributed by atoms with Crippen molar-refractivity contribution in [2.24, 2.45) is 5.92 Å². The lowest BCUT2D eigenvalue weighted by molar-refractivity contribution is 0.596. The molecular weight excluding hydrogens is 438 g/mol. The maximum Gasteiger partial charge on any atom is 0.147 e. The number of rotatable bonds is 3. The van der Waals surface area contributed by atoms with Gasteiger partial charge in [0.25, 0.3) is 0 Å². The minimum Gasteiger partial charge on any atom is -0.455 e. The molecule has 6 aromatic rings. The average molecular weight is 472 g/mol. The molecule has 0 aliphatic carbocycles. The van der Waals surface area contributed by atoms with Crippen molar-refractivity contribution in [2.75, 3.05) is 0 Å². The Morgan fingerprint density at radius 2 is 1.64 bits per heavy atom. The first-order chi connectivity index (χ1) is 17.2. The molecule has 0 bridgehead atoms. The van der Waals surface area contributed by atoms with Crippen molar-refractivity contribution in [2.45, 2.75) is 53.4 Å². The third-order valence-electron chi connectivity index (χ3n) is 7.21. The molecule has 0 N–H and O–H groups in total. The second-order valence-electron chi connectivity index (χ2n) is 11.7. The van der Waals surface area contributed by atoms with Gasteiger partial charge < -0.3 is 4.42 Å². The molecule has 0 radical (unpaired) electrons. The Morgan fingerprint density at radius 3 is 2.42 bits per heavy atom. The van der Waals surface area contributed by atoms with E-state index in [2.05, 4.69) is 114 Å². The molecule has 2 nitrogen and oxygen atoms in total. The van der Waals surface area contributed by atoms with Gasteiger partial charge in [-0.2, -0.15) is 0 Å². The third kappa shape index (κ3) is 3.76. The van der Waals surface area contributed by atoms with Gasteiger partial charge in [-0.15, -0.1) is 0 Å². The number of hydrogen-bond acceptors (Lipinski definition) is 2. The molecule has 2 heteroatoms. The summed E-state index contributed by atoms with van der Waals surface area (Å²) >= 11 is 0. The average Bonchev–Trinajstić information content (AvgIpc) is 3.21. The smallest absolute Gasteiger partial charge is 0.147 e. The Bertz CT molecular complexity index is 1780. The van der Waals surface area contributed by atoms with Gasteiger partial charge in [0.1, 0.15) is 11.2 Å². The van der Waals surface area contributed by atoms with Crippen LogP contribution in [0.15, 0.2) is 77.2 Å². The van der Waals surface area contributed by atoms with Gasteiger partial charge in [0.2, 0.25) is 0 Å². The van der Waals surface area contributed by atoms with Crippen molar-refractivity contribution in [3.05, 3.63) is 89.5 Å². The molecule has 0 spiro atoms. The number of aryl methyl sites for hydroxylation is 1. The summed E-state index contributed by atoms with van der Waals surface area (Å²) in [6.45, 7) is 13.5. The second-order valence-corrected chi connectivity index (χ2v) is 11.7. The molecule has 0 amide bonds. The summed E-state index contributed by atoms with van der Waals surface area (Å²) in [5.41, 5.74) is 8.85. The molecule has 4 aromatic carbocycles. The van der Waals surface area contributed by atoms with Crippen molar-refractivity contribution in [3.8, 4) is 11.3 Å². The van der Waals surface area contributed by atoms with E-state index >= 15 is 0 Å². The summed E-state index contributed by atoms with van der Waals surface area (Å²) in [6, 6.07) is 26.5. The first-order valence-electron chi connectivity index (χ1n) is 13.0. The van der Waals surface area contributed by atoms with Crippen LogP contribution in [0.3, 0.4) is 0 Å². The quantitative estimate of drug-likeness (QED) is 0.257. The van der Waals surface area contributed by atoms with E-state index in [1.807, 2.05) is 0 Å². The molecule has 0 atom stereocenters. The van der Waals surface area contributed by atoms with Gasteiger partial charge in [0.15, 0.2) is 0 Å². The molecule has 6 rings (SSSR count). The number of pyridine rings is 1. The normalized spacial score (nSPS) is 12.5. The molecule has 0 saturated carbocycles. The van der Waals surface area contributed by atoms with Crippen molar-refractivity contribution in [1.29, 1.82) is 0 Å². The highest BCUT2D eigenvalue weighted by Gasteiger charge is 2.22. The minimum atomic E-state index is 0.00554. The van der Waals surface area contributed by atoms with Crippen LogP contribution in [-0.2, 0) is 11.8 Å². The van der Waals surface area contributed by atoms with Crippen LogP contribution in [-0.4, -0.2) is 4.98 Å². The van der Waals surface area contributed by atoms with Crippen LogP contribution in [0.25, 0.3) is 54.9 Å². The first kappa shape index (κ1) is 22.8. The van der Waals surface area contributed by atoms with E-state index in [0.29, 0.717) is 5.92 Å². The number of nitrogens with zero attached hydrogens (tertiary/aromatic N) is 1. The van der Waals surface area contributed by atoms with E-state index in [0.717, 1.165) is 50.5 Å². The van der Waals surface area contributed by atoms with Crippen LogP contribution in [0, 0.1) is 12.8 Å². The summed E-state index contributed by atoms with van der Waals surface area (Å²) in [5.74, 6) is 0.594. The number of hydrogen-bond donors (Lipinski definition) is 0. The predicted molar refractivity (Wildman–Crippen MR) is 154 cm³/mol. The van der Waals surface area contributed by atoms with E-state index in [-0.39, 0.29) is 5.41 Å². The minimum absolute atomic E-state index is 0.00554. The summed E-state index contributed by atoms with van der Waals surface area (Å²) < 4.78 is 6.59. The molecule has 0 aliphatic heterocycles. The summed E-state index contributed by atoms with van der Waals surface area (Å²) in [6.07, 6.45) is 1.04. The third-order valence-corrected chi connectivity index (χ3v) is 7.21. The van der Waals surface area contributed by atoms with E-state index in [1.54, 1.807) is 0 Å². The van der Waals surface area contributed by atoms with E-state index in [9.17, 15) is 0 Å². The number of fused-ring (bicyclic) bond motifs is 6. The first-order valence-corrected chi connectivity index (χ1v) is 13.0. The lowest BCUT2D eigenvalue weighted by atomic mass is 9.82. The highest BCUT2D eigenvalue weighted by atomic mass is 16.3. The molecule has 2 aromatic heterocycles. The van der Waals surface area contributed by atoms with Gasteiger partial charge in [0, 0.05) is 16.3 Å². The van der Waals surface area contributed by atoms with E-state index in [4.69, 9.17) is 9.40 Å². The molecule has 180 valence electrons. The molecule has 2 heterocycles. The second kappa shape index (κ2) is 8.20. The van der Waals surface area contributed by atoms with Crippen molar-refractivity contribution >= 4 is 43.6 Å². The van der Waals surface area contributed by atoms with Crippen LogP contribution >= 0.6 is 0 Å². The van der Waals surface area contributed by atoms with Gasteiger partial charge in [-0.3, -0.25) is 0 Å². The molecular formula is C34H33NO. The fourth-order valence-electron chi connectivity index (χ4n) is 5.55. The SMILES string of the molecule is Cc1ccc2nc(-c3cc(C(C)(C)C)c4ccccc4c3)c3c4cc(CC(C)C)ccc4oc3c2c1. The summed E-state index contributed by atoms with van der Waals surface area (Å²) in [5, 5.41) is 5.89. The Labute approximate surface area is 213 Å². The van der Waals surface area contributed by atoms with Crippen LogP contribution in [0.2, 0.25) is 0 Å². The van der Waals surface area contributed by atoms with Crippen molar-refractivity contribution < 1.29 is 4.42 Å². The number of aromatic nitrogens is 1. The Balaban J connectivity index is 1.76. The van der Waals surface area contributed by atoms with Crippen LogP contribution in [0.5, 0.6) is 0 Å². The fourth-order valence-corrected chi connectivity index (χ4v) is 5.55. The number of benzene rings is 4. The molecule has 0 unspecified atom stereocenters. The molecule has 0 saturated heterocycles. The van der Waals surface area contributed by atoms with E-state index < -0.39 is 0 Å². The molecule has 0 aliphatic rings. The van der Waals surface area contributed by atoms with Crippen LogP contribution < -0.4 is 0 Å². The van der Waals surface area contributed by atoms with Gasteiger partial charge in [-0.25, -0.2) is 4.98 Å². The topological polar surface area (TPSA) is 26.0 Å².